The Balaban J connectivity index is 1.83. The molecule has 0 unspecified atom stereocenters. The van der Waals surface area contributed by atoms with E-state index in [0.29, 0.717) is 0 Å². The van der Waals surface area contributed by atoms with Gasteiger partial charge in [-0.2, -0.15) is 0 Å². The first kappa shape index (κ1) is 16.1. The van der Waals surface area contributed by atoms with E-state index in [2.05, 4.69) is 72.9 Å². The zero-order chi connectivity index (χ0) is 16.5. The molecule has 24 heavy (non-hydrogen) atoms. The largest absolute Gasteiger partial charge is 0.129 e. The summed E-state index contributed by atoms with van der Waals surface area (Å²) in [6.45, 7) is 0. The van der Waals surface area contributed by atoms with Crippen LogP contribution in [0.5, 0.6) is 0 Å². The molecule has 4 rings (SSSR count). The maximum atomic E-state index is 3.43. The Hall–Kier alpha value is -1.38. The van der Waals surface area contributed by atoms with Gasteiger partial charge >= 0.3 is 0 Å². The van der Waals surface area contributed by atoms with Crippen molar-refractivity contribution in [1.82, 2.24) is 0 Å². The van der Waals surface area contributed by atoms with Gasteiger partial charge in [-0.25, -0.2) is 0 Å². The first-order chi connectivity index (χ1) is 11.8. The van der Waals surface area contributed by atoms with Gasteiger partial charge < -0.3 is 0 Å². The van der Waals surface area contributed by atoms with Gasteiger partial charge in [-0.05, 0) is 54.0 Å². The molecule has 2 aromatic heterocycles. The van der Waals surface area contributed by atoms with Gasteiger partial charge in [0.25, 0.3) is 0 Å². The highest BCUT2D eigenvalue weighted by atomic mass is 32.2. The first-order valence-electron chi connectivity index (χ1n) is 7.44. The second kappa shape index (κ2) is 6.85. The van der Waals surface area contributed by atoms with E-state index in [0.717, 1.165) is 4.88 Å². The third-order valence-corrected chi connectivity index (χ3v) is 7.61. The molecule has 0 amide bonds. The Kier molecular flexibility index (Phi) is 4.60. The highest BCUT2D eigenvalue weighted by Crippen LogP contribution is 2.41. The average molecular weight is 383 g/mol. The molecule has 0 spiro atoms. The first-order valence-corrected chi connectivity index (χ1v) is 11.5. The molecule has 4 aromatic rings. The fourth-order valence-corrected chi connectivity index (χ4v) is 6.45. The third-order valence-electron chi connectivity index (χ3n) is 3.78. The Labute approximate surface area is 158 Å². The summed E-state index contributed by atoms with van der Waals surface area (Å²) < 4.78 is 2.62. The Morgan fingerprint density at radius 1 is 0.833 bits per heavy atom. The lowest BCUT2D eigenvalue weighted by Gasteiger charge is -2.01. The minimum atomic E-state index is 1.13. The molecular weight excluding hydrogens is 368 g/mol. The van der Waals surface area contributed by atoms with Crippen LogP contribution in [-0.2, 0) is 0 Å². The lowest BCUT2D eigenvalue weighted by molar-refractivity contribution is 1.49. The second-order valence-electron chi connectivity index (χ2n) is 5.20. The highest BCUT2D eigenvalue weighted by molar-refractivity contribution is 8.00. The normalized spacial score (nSPS) is 10.9. The zero-order valence-corrected chi connectivity index (χ0v) is 16.5. The number of thiophene rings is 2. The van der Waals surface area contributed by atoms with E-state index in [1.807, 2.05) is 0 Å². The fourth-order valence-electron chi connectivity index (χ4n) is 2.70. The van der Waals surface area contributed by atoms with E-state index < -0.39 is 0 Å². The van der Waals surface area contributed by atoms with Gasteiger partial charge in [0.15, 0.2) is 0 Å². The molecule has 118 valence electrons. The molecule has 0 aliphatic rings. The van der Waals surface area contributed by atoms with E-state index >= 15 is 0 Å². The van der Waals surface area contributed by atoms with Gasteiger partial charge in [-0.1, -0.05) is 24.3 Å². The van der Waals surface area contributed by atoms with Crippen molar-refractivity contribution >= 4 is 66.4 Å². The molecule has 0 N–H and O–H groups in total. The monoisotopic (exact) mass is 382 g/mol. The fraction of sp³-hybridized carbons (Fsp3) is 0.100. The predicted molar refractivity (Wildman–Crippen MR) is 113 cm³/mol. The van der Waals surface area contributed by atoms with E-state index in [9.17, 15) is 0 Å². The summed E-state index contributed by atoms with van der Waals surface area (Å²) in [5.41, 5.74) is 0. The maximum absolute atomic E-state index is 3.43. The minimum Gasteiger partial charge on any atom is -0.129 e. The number of hydrogen-bond acceptors (Lipinski definition) is 4. The van der Waals surface area contributed by atoms with Crippen molar-refractivity contribution in [2.75, 3.05) is 12.5 Å². The zero-order valence-electron chi connectivity index (χ0n) is 13.3. The SMILES string of the molecule is CSc1cccc2sc(C#Cc3cc4ccccc4s3)c(SC)c12. The Morgan fingerprint density at radius 2 is 1.67 bits per heavy atom. The van der Waals surface area contributed by atoms with Gasteiger partial charge in [-0.15, -0.1) is 46.2 Å². The summed E-state index contributed by atoms with van der Waals surface area (Å²) in [4.78, 5) is 4.96. The summed E-state index contributed by atoms with van der Waals surface area (Å²) in [5.74, 6) is 6.81. The molecule has 4 heteroatoms. The van der Waals surface area contributed by atoms with Gasteiger partial charge in [0.1, 0.15) is 0 Å². The summed E-state index contributed by atoms with van der Waals surface area (Å²) in [6, 6.07) is 17.2. The summed E-state index contributed by atoms with van der Waals surface area (Å²) in [7, 11) is 0. The van der Waals surface area contributed by atoms with Crippen LogP contribution in [0.2, 0.25) is 0 Å². The topological polar surface area (TPSA) is 0 Å². The summed E-state index contributed by atoms with van der Waals surface area (Å²) in [6.07, 6.45) is 4.28. The van der Waals surface area contributed by atoms with Crippen molar-refractivity contribution in [2.45, 2.75) is 9.79 Å². The Bertz CT molecular complexity index is 1060. The summed E-state index contributed by atoms with van der Waals surface area (Å²) >= 11 is 7.17. The quantitative estimate of drug-likeness (QED) is 0.271. The van der Waals surface area contributed by atoms with Crippen LogP contribution >= 0.6 is 46.2 Å². The van der Waals surface area contributed by atoms with E-state index in [1.54, 1.807) is 46.2 Å². The second-order valence-corrected chi connectivity index (χ2v) is 9.00. The lowest BCUT2D eigenvalue weighted by Crippen LogP contribution is -1.76. The number of fused-ring (bicyclic) bond motifs is 2. The molecule has 2 heterocycles. The number of rotatable bonds is 2. The molecule has 0 bridgehead atoms. The highest BCUT2D eigenvalue weighted by Gasteiger charge is 2.13. The number of hydrogen-bond donors (Lipinski definition) is 0. The van der Waals surface area contributed by atoms with Crippen LogP contribution < -0.4 is 0 Å². The van der Waals surface area contributed by atoms with Crippen LogP contribution in [-0.4, -0.2) is 12.5 Å². The van der Waals surface area contributed by atoms with Crippen molar-refractivity contribution in [3.05, 3.63) is 58.3 Å². The number of benzene rings is 2. The van der Waals surface area contributed by atoms with E-state index in [4.69, 9.17) is 0 Å². The number of thioether (sulfide) groups is 2. The smallest absolute Gasteiger partial charge is 0.0921 e. The van der Waals surface area contributed by atoms with Crippen molar-refractivity contribution < 1.29 is 0 Å². The van der Waals surface area contributed by atoms with Crippen LogP contribution in [0, 0.1) is 11.8 Å². The summed E-state index contributed by atoms with van der Waals surface area (Å²) in [5, 5.41) is 2.64. The van der Waals surface area contributed by atoms with Gasteiger partial charge in [0.05, 0.1) is 9.75 Å². The van der Waals surface area contributed by atoms with Crippen molar-refractivity contribution in [1.29, 1.82) is 0 Å². The third kappa shape index (κ3) is 2.87. The molecule has 2 aromatic carbocycles. The van der Waals surface area contributed by atoms with Gasteiger partial charge in [0, 0.05) is 24.6 Å². The Morgan fingerprint density at radius 3 is 2.46 bits per heavy atom. The lowest BCUT2D eigenvalue weighted by atomic mass is 10.2. The molecular formula is C20H14S4. The molecule has 0 aliphatic heterocycles. The molecule has 0 atom stereocenters. The van der Waals surface area contributed by atoms with Crippen LogP contribution in [0.25, 0.3) is 20.2 Å². The van der Waals surface area contributed by atoms with Crippen LogP contribution in [0.1, 0.15) is 9.75 Å². The molecule has 0 nitrogen and oxygen atoms in total. The molecule has 0 saturated heterocycles. The molecule has 0 radical (unpaired) electrons. The molecule has 0 fully saturated rings. The van der Waals surface area contributed by atoms with Gasteiger partial charge in [0.2, 0.25) is 0 Å². The average Bonchev–Trinajstić information content (AvgIpc) is 3.19. The maximum Gasteiger partial charge on any atom is 0.0921 e. The van der Waals surface area contributed by atoms with Crippen molar-refractivity contribution in [3.63, 3.8) is 0 Å². The van der Waals surface area contributed by atoms with Gasteiger partial charge in [-0.3, -0.25) is 0 Å². The minimum absolute atomic E-state index is 1.13. The van der Waals surface area contributed by atoms with E-state index in [-0.39, 0.29) is 0 Å². The van der Waals surface area contributed by atoms with Crippen molar-refractivity contribution in [3.8, 4) is 11.8 Å². The standard InChI is InChI=1S/C20H14S4/c1-21-16-8-5-9-17-19(16)20(22-2)18(24-17)11-10-14-12-13-6-3-4-7-15(13)23-14/h3-9,12H,1-2H3. The van der Waals surface area contributed by atoms with Crippen molar-refractivity contribution in [2.24, 2.45) is 0 Å². The van der Waals surface area contributed by atoms with E-state index in [1.165, 1.54) is 34.8 Å². The predicted octanol–water partition coefficient (Wildman–Crippen LogP) is 6.96. The molecule has 0 saturated carbocycles. The van der Waals surface area contributed by atoms with Crippen LogP contribution in [0.4, 0.5) is 0 Å². The van der Waals surface area contributed by atoms with Crippen LogP contribution in [0.3, 0.4) is 0 Å². The van der Waals surface area contributed by atoms with Crippen LogP contribution in [0.15, 0.2) is 58.3 Å². The molecule has 0 aliphatic carbocycles.